The van der Waals surface area contributed by atoms with Crippen molar-refractivity contribution in [3.8, 4) is 0 Å². The molecular weight excluding hydrogens is 240 g/mol. The highest BCUT2D eigenvalue weighted by Gasteiger charge is 2.23. The lowest BCUT2D eigenvalue weighted by Crippen LogP contribution is -2.36. The number of likely N-dealkylation sites (N-methyl/N-ethyl adjacent to an activating group) is 1. The lowest BCUT2D eigenvalue weighted by molar-refractivity contribution is -0.122. The molecule has 0 radical (unpaired) electrons. The van der Waals surface area contributed by atoms with E-state index >= 15 is 0 Å². The fourth-order valence-electron chi connectivity index (χ4n) is 2.29. The molecule has 0 spiro atoms. The van der Waals surface area contributed by atoms with Gasteiger partial charge in [0.15, 0.2) is 0 Å². The summed E-state index contributed by atoms with van der Waals surface area (Å²) in [5.41, 5.74) is 3.56. The molecule has 0 bridgehead atoms. The van der Waals surface area contributed by atoms with Crippen molar-refractivity contribution >= 4 is 5.91 Å². The van der Waals surface area contributed by atoms with Crippen LogP contribution in [-0.4, -0.2) is 47.2 Å². The first-order valence-corrected chi connectivity index (χ1v) is 7.04. The maximum Gasteiger partial charge on any atom is 0.234 e. The summed E-state index contributed by atoms with van der Waals surface area (Å²) in [6.07, 6.45) is 4.36. The highest BCUT2D eigenvalue weighted by atomic mass is 16.2. The smallest absolute Gasteiger partial charge is 0.234 e. The predicted molar refractivity (Wildman–Crippen MR) is 75.0 cm³/mol. The molecule has 2 N–H and O–H groups in total. The zero-order chi connectivity index (χ0) is 13.8. The minimum absolute atomic E-state index is 0.153. The molecule has 0 atom stereocenters. The zero-order valence-corrected chi connectivity index (χ0v) is 12.1. The van der Waals surface area contributed by atoms with Crippen molar-refractivity contribution in [1.82, 2.24) is 20.4 Å². The lowest BCUT2D eigenvalue weighted by atomic mass is 10.1. The van der Waals surface area contributed by atoms with Crippen molar-refractivity contribution in [2.75, 3.05) is 20.1 Å². The Morgan fingerprint density at radius 1 is 1.47 bits per heavy atom. The number of nitrogens with one attached hydrogen (secondary N) is 2. The average molecular weight is 264 g/mol. The normalized spacial score (nSPS) is 14.9. The zero-order valence-electron chi connectivity index (χ0n) is 12.1. The minimum atomic E-state index is 0.153. The van der Waals surface area contributed by atoms with Gasteiger partial charge in [0.2, 0.25) is 5.91 Å². The molecule has 5 heteroatoms. The highest BCUT2D eigenvalue weighted by Crippen LogP contribution is 2.18. The third-order valence-electron chi connectivity index (χ3n) is 3.60. The quantitative estimate of drug-likeness (QED) is 0.777. The van der Waals surface area contributed by atoms with Gasteiger partial charge in [-0.15, -0.1) is 0 Å². The predicted octanol–water partition coefficient (Wildman–Crippen LogP) is 1.17. The Morgan fingerprint density at radius 2 is 2.21 bits per heavy atom. The van der Waals surface area contributed by atoms with E-state index < -0.39 is 0 Å². The van der Waals surface area contributed by atoms with E-state index in [-0.39, 0.29) is 5.91 Å². The van der Waals surface area contributed by atoms with Crippen LogP contribution in [0.25, 0.3) is 0 Å². The van der Waals surface area contributed by atoms with Crippen molar-refractivity contribution in [1.29, 1.82) is 0 Å². The monoisotopic (exact) mass is 264 g/mol. The Bertz CT molecular complexity index is 417. The van der Waals surface area contributed by atoms with E-state index in [0.29, 0.717) is 12.6 Å². The van der Waals surface area contributed by atoms with Crippen LogP contribution in [0.15, 0.2) is 0 Å². The number of H-pyrrole nitrogens is 1. The summed E-state index contributed by atoms with van der Waals surface area (Å²) < 4.78 is 0. The summed E-state index contributed by atoms with van der Waals surface area (Å²) in [5, 5.41) is 10.2. The first-order chi connectivity index (χ1) is 9.06. The molecule has 1 amide bonds. The van der Waals surface area contributed by atoms with Gasteiger partial charge in [-0.1, -0.05) is 0 Å². The van der Waals surface area contributed by atoms with Crippen LogP contribution in [0.4, 0.5) is 0 Å². The van der Waals surface area contributed by atoms with Crippen LogP contribution in [0.3, 0.4) is 0 Å². The molecule has 1 aliphatic rings. The standard InChI is InChI=1S/C14H24N4O/c1-10-13(11(2)17-16-10)5-4-8-18(3)9-14(19)15-12-6-7-12/h12H,4-9H2,1-3H3,(H,15,19)(H,16,17). The van der Waals surface area contributed by atoms with Crippen LogP contribution in [0, 0.1) is 13.8 Å². The fraction of sp³-hybridized carbons (Fsp3) is 0.714. The van der Waals surface area contributed by atoms with E-state index in [2.05, 4.69) is 27.3 Å². The molecule has 1 heterocycles. The molecule has 106 valence electrons. The Labute approximate surface area is 114 Å². The Morgan fingerprint density at radius 3 is 2.79 bits per heavy atom. The van der Waals surface area contributed by atoms with Crippen LogP contribution < -0.4 is 5.32 Å². The summed E-state index contributed by atoms with van der Waals surface area (Å²) in [6.45, 7) is 5.52. The summed E-state index contributed by atoms with van der Waals surface area (Å²) in [4.78, 5) is 13.7. The van der Waals surface area contributed by atoms with Gasteiger partial charge in [-0.25, -0.2) is 0 Å². The van der Waals surface area contributed by atoms with Crippen LogP contribution in [0.5, 0.6) is 0 Å². The van der Waals surface area contributed by atoms with Crippen molar-refractivity contribution in [3.63, 3.8) is 0 Å². The second-order valence-electron chi connectivity index (χ2n) is 5.60. The maximum atomic E-state index is 11.6. The van der Waals surface area contributed by atoms with Gasteiger partial charge in [-0.05, 0) is 58.7 Å². The number of nitrogens with zero attached hydrogens (tertiary/aromatic N) is 2. The number of hydrogen-bond acceptors (Lipinski definition) is 3. The Hall–Kier alpha value is -1.36. The molecule has 5 nitrogen and oxygen atoms in total. The van der Waals surface area contributed by atoms with E-state index in [1.165, 1.54) is 5.56 Å². The van der Waals surface area contributed by atoms with E-state index in [9.17, 15) is 4.79 Å². The summed E-state index contributed by atoms with van der Waals surface area (Å²) >= 11 is 0. The largest absolute Gasteiger partial charge is 0.352 e. The molecule has 19 heavy (non-hydrogen) atoms. The van der Waals surface area contributed by atoms with Gasteiger partial charge in [0.25, 0.3) is 0 Å². The number of aryl methyl sites for hydroxylation is 2. The summed E-state index contributed by atoms with van der Waals surface area (Å²) in [5.74, 6) is 0.153. The third kappa shape index (κ3) is 4.35. The van der Waals surface area contributed by atoms with Crippen molar-refractivity contribution in [2.24, 2.45) is 0 Å². The SMILES string of the molecule is Cc1n[nH]c(C)c1CCCN(C)CC(=O)NC1CC1. The second kappa shape index (κ2) is 6.19. The van der Waals surface area contributed by atoms with Crippen LogP contribution in [0.1, 0.15) is 36.2 Å². The molecule has 2 rings (SSSR count). The van der Waals surface area contributed by atoms with Crippen LogP contribution >= 0.6 is 0 Å². The minimum Gasteiger partial charge on any atom is -0.352 e. The molecule has 0 unspecified atom stereocenters. The van der Waals surface area contributed by atoms with Crippen LogP contribution in [0.2, 0.25) is 0 Å². The van der Waals surface area contributed by atoms with Crippen LogP contribution in [-0.2, 0) is 11.2 Å². The molecule has 1 aromatic rings. The van der Waals surface area contributed by atoms with Crippen molar-refractivity contribution in [3.05, 3.63) is 17.0 Å². The number of carbonyl (C=O) groups is 1. The first-order valence-electron chi connectivity index (χ1n) is 7.04. The van der Waals surface area contributed by atoms with E-state index in [4.69, 9.17) is 0 Å². The molecule has 0 saturated heterocycles. The lowest BCUT2D eigenvalue weighted by Gasteiger charge is -2.16. The number of aromatic nitrogens is 2. The number of hydrogen-bond donors (Lipinski definition) is 2. The van der Waals surface area contributed by atoms with E-state index in [1.807, 2.05) is 14.0 Å². The molecule has 1 fully saturated rings. The van der Waals surface area contributed by atoms with Gasteiger partial charge in [-0.2, -0.15) is 5.10 Å². The van der Waals surface area contributed by atoms with E-state index in [0.717, 1.165) is 43.6 Å². The van der Waals surface area contributed by atoms with Gasteiger partial charge >= 0.3 is 0 Å². The van der Waals surface area contributed by atoms with Crippen molar-refractivity contribution < 1.29 is 4.79 Å². The van der Waals surface area contributed by atoms with E-state index in [1.54, 1.807) is 0 Å². The molecule has 0 aliphatic heterocycles. The number of amides is 1. The van der Waals surface area contributed by atoms with Gasteiger partial charge in [0.1, 0.15) is 0 Å². The summed E-state index contributed by atoms with van der Waals surface area (Å²) in [6, 6.07) is 0.456. The van der Waals surface area contributed by atoms with Gasteiger partial charge in [0, 0.05) is 11.7 Å². The van der Waals surface area contributed by atoms with Gasteiger partial charge in [-0.3, -0.25) is 14.8 Å². The number of aromatic amines is 1. The second-order valence-corrected chi connectivity index (χ2v) is 5.60. The topological polar surface area (TPSA) is 61.0 Å². The first kappa shape index (κ1) is 14.1. The molecule has 1 saturated carbocycles. The molecule has 1 aromatic heterocycles. The molecule has 0 aromatic carbocycles. The van der Waals surface area contributed by atoms with Crippen molar-refractivity contribution in [2.45, 2.75) is 45.6 Å². The molecular formula is C14H24N4O. The average Bonchev–Trinajstić information content (AvgIpc) is 3.09. The Kier molecular flexibility index (Phi) is 4.58. The number of carbonyl (C=O) groups excluding carboxylic acids is 1. The maximum absolute atomic E-state index is 11.6. The van der Waals surface area contributed by atoms with Gasteiger partial charge < -0.3 is 5.32 Å². The Balaban J connectivity index is 1.65. The molecule has 1 aliphatic carbocycles. The number of rotatable bonds is 7. The highest BCUT2D eigenvalue weighted by molar-refractivity contribution is 5.78. The summed E-state index contributed by atoms with van der Waals surface area (Å²) in [7, 11) is 2.00. The fourth-order valence-corrected chi connectivity index (χ4v) is 2.29. The van der Waals surface area contributed by atoms with Gasteiger partial charge in [0.05, 0.1) is 12.2 Å². The third-order valence-corrected chi connectivity index (χ3v) is 3.60.